The molecule has 8 heteroatoms. The number of hydrogen-bond acceptors (Lipinski definition) is 4. The summed E-state index contributed by atoms with van der Waals surface area (Å²) in [4.78, 5) is 4.24. The van der Waals surface area contributed by atoms with Crippen LogP contribution in [0.1, 0.15) is 17.3 Å². The van der Waals surface area contributed by atoms with Crippen LogP contribution in [0.5, 0.6) is 0 Å². The van der Waals surface area contributed by atoms with E-state index in [1.165, 1.54) is 4.31 Å². The third-order valence-electron chi connectivity index (χ3n) is 4.53. The van der Waals surface area contributed by atoms with Crippen molar-refractivity contribution in [1.29, 1.82) is 0 Å². The summed E-state index contributed by atoms with van der Waals surface area (Å²) < 4.78 is 34.4. The Morgan fingerprint density at radius 2 is 2.00 bits per heavy atom. The van der Waals surface area contributed by atoms with E-state index in [-0.39, 0.29) is 17.9 Å². The molecule has 2 unspecified atom stereocenters. The summed E-state index contributed by atoms with van der Waals surface area (Å²) in [6.45, 7) is 1.92. The van der Waals surface area contributed by atoms with Gasteiger partial charge in [0.25, 0.3) is 0 Å². The van der Waals surface area contributed by atoms with Gasteiger partial charge < -0.3 is 9.30 Å². The quantitative estimate of drug-likeness (QED) is 0.736. The number of allylic oxidation sites excluding steroid dienone is 1. The summed E-state index contributed by atoms with van der Waals surface area (Å²) in [5.41, 5.74) is 2.17. The monoisotopic (exact) mass is 407 g/mol. The van der Waals surface area contributed by atoms with Crippen molar-refractivity contribution in [3.8, 4) is 0 Å². The van der Waals surface area contributed by atoms with E-state index in [1.807, 2.05) is 29.8 Å². The molecule has 0 spiro atoms. The van der Waals surface area contributed by atoms with Gasteiger partial charge in [0, 0.05) is 31.1 Å². The fraction of sp³-hybridized carbons (Fsp3) is 0.316. The van der Waals surface area contributed by atoms with Gasteiger partial charge in [0.05, 0.1) is 23.8 Å². The molecule has 2 aromatic rings. The van der Waals surface area contributed by atoms with Crippen LogP contribution in [0.25, 0.3) is 0 Å². The molecule has 0 N–H and O–H groups in total. The van der Waals surface area contributed by atoms with Gasteiger partial charge in [-0.15, -0.1) is 0 Å². The van der Waals surface area contributed by atoms with Gasteiger partial charge in [0.1, 0.15) is 6.10 Å². The molecule has 0 radical (unpaired) electrons. The first kappa shape index (κ1) is 19.7. The van der Waals surface area contributed by atoms with Crippen LogP contribution in [0.3, 0.4) is 0 Å². The Labute approximate surface area is 164 Å². The number of halogens is 1. The maximum Gasteiger partial charge on any atom is 0.239 e. The van der Waals surface area contributed by atoms with Crippen molar-refractivity contribution in [2.75, 3.05) is 14.2 Å². The predicted octanol–water partition coefficient (Wildman–Crippen LogP) is 3.32. The molecule has 1 heterocycles. The Hall–Kier alpha value is -2.09. The Balaban J connectivity index is 1.79. The van der Waals surface area contributed by atoms with E-state index in [2.05, 4.69) is 4.98 Å². The standard InChI is InChI=1S/C19H22ClN3O3S/c1-14-11-23(13-21-14)18-9-8-17(10-19(18)26-3)22(2)27(24,25)12-15-4-6-16(20)7-5-15/h4-11,13,18-19H,12H2,1-3H3. The van der Waals surface area contributed by atoms with Crippen LogP contribution in [0, 0.1) is 6.92 Å². The van der Waals surface area contributed by atoms with E-state index in [0.29, 0.717) is 16.3 Å². The van der Waals surface area contributed by atoms with E-state index in [9.17, 15) is 8.42 Å². The minimum atomic E-state index is -3.54. The molecule has 27 heavy (non-hydrogen) atoms. The third-order valence-corrected chi connectivity index (χ3v) is 6.52. The van der Waals surface area contributed by atoms with Crippen molar-refractivity contribution in [3.63, 3.8) is 0 Å². The number of nitrogens with zero attached hydrogens (tertiary/aromatic N) is 3. The van der Waals surface area contributed by atoms with Crippen molar-refractivity contribution in [2.24, 2.45) is 0 Å². The van der Waals surface area contributed by atoms with Crippen LogP contribution in [0.2, 0.25) is 5.02 Å². The highest BCUT2D eigenvalue weighted by molar-refractivity contribution is 7.88. The zero-order valence-electron chi connectivity index (χ0n) is 15.4. The van der Waals surface area contributed by atoms with E-state index in [0.717, 1.165) is 5.69 Å². The van der Waals surface area contributed by atoms with E-state index >= 15 is 0 Å². The average Bonchev–Trinajstić information content (AvgIpc) is 3.08. The number of hydrogen-bond donors (Lipinski definition) is 0. The predicted molar refractivity (Wildman–Crippen MR) is 106 cm³/mol. The second kappa shape index (κ2) is 7.88. The lowest BCUT2D eigenvalue weighted by molar-refractivity contribution is 0.107. The van der Waals surface area contributed by atoms with Gasteiger partial charge in [-0.2, -0.15) is 0 Å². The normalized spacial score (nSPS) is 19.8. The lowest BCUT2D eigenvalue weighted by atomic mass is 10.0. The molecule has 144 valence electrons. The Morgan fingerprint density at radius 1 is 1.30 bits per heavy atom. The van der Waals surface area contributed by atoms with Gasteiger partial charge in [-0.1, -0.05) is 29.8 Å². The van der Waals surface area contributed by atoms with Gasteiger partial charge in [0.2, 0.25) is 10.0 Å². The maximum absolute atomic E-state index is 12.8. The minimum absolute atomic E-state index is 0.0766. The Kier molecular flexibility index (Phi) is 5.74. The van der Waals surface area contributed by atoms with Gasteiger partial charge in [-0.25, -0.2) is 13.4 Å². The topological polar surface area (TPSA) is 64.4 Å². The van der Waals surface area contributed by atoms with Gasteiger partial charge in [-0.3, -0.25) is 4.31 Å². The van der Waals surface area contributed by atoms with Crippen molar-refractivity contribution in [3.05, 3.63) is 77.0 Å². The second-order valence-electron chi connectivity index (χ2n) is 6.45. The molecule has 0 fully saturated rings. The number of sulfonamides is 1. The molecule has 6 nitrogen and oxygen atoms in total. The summed E-state index contributed by atoms with van der Waals surface area (Å²) in [5.74, 6) is -0.104. The highest BCUT2D eigenvalue weighted by Gasteiger charge is 2.27. The summed E-state index contributed by atoms with van der Waals surface area (Å²) >= 11 is 5.87. The summed E-state index contributed by atoms with van der Waals surface area (Å²) in [5, 5.41) is 0.575. The van der Waals surface area contributed by atoms with Crippen molar-refractivity contribution < 1.29 is 13.2 Å². The summed E-state index contributed by atoms with van der Waals surface area (Å²) in [6, 6.07) is 6.73. The highest BCUT2D eigenvalue weighted by atomic mass is 35.5. The zero-order chi connectivity index (χ0) is 19.6. The van der Waals surface area contributed by atoms with Crippen LogP contribution in [0.4, 0.5) is 0 Å². The molecule has 2 atom stereocenters. The number of ether oxygens (including phenoxy) is 1. The summed E-state index contributed by atoms with van der Waals surface area (Å²) in [6.07, 6.45) is 8.93. The zero-order valence-corrected chi connectivity index (χ0v) is 17.0. The number of aromatic nitrogens is 2. The fourth-order valence-electron chi connectivity index (χ4n) is 2.97. The van der Waals surface area contributed by atoms with Crippen LogP contribution in [0.15, 0.2) is 60.7 Å². The summed E-state index contributed by atoms with van der Waals surface area (Å²) in [7, 11) is -0.380. The largest absolute Gasteiger partial charge is 0.375 e. The van der Waals surface area contributed by atoms with Crippen LogP contribution >= 0.6 is 11.6 Å². The molecule has 1 aliphatic rings. The SMILES string of the molecule is COC1C=C(N(C)S(=O)(=O)Cc2ccc(Cl)cc2)C=CC1n1cnc(C)c1. The number of aryl methyl sites for hydroxylation is 1. The van der Waals surface area contributed by atoms with Crippen molar-refractivity contribution >= 4 is 21.6 Å². The first-order valence-corrected chi connectivity index (χ1v) is 10.4. The number of likely N-dealkylation sites (N-methyl/N-ethyl adjacent to an activating group) is 1. The molecular formula is C19H22ClN3O3S. The molecule has 1 aromatic heterocycles. The fourth-order valence-corrected chi connectivity index (χ4v) is 4.34. The van der Waals surface area contributed by atoms with Gasteiger partial charge in [0.15, 0.2) is 0 Å². The molecular weight excluding hydrogens is 386 g/mol. The Morgan fingerprint density at radius 3 is 2.59 bits per heavy atom. The molecule has 0 saturated heterocycles. The first-order valence-electron chi connectivity index (χ1n) is 8.44. The average molecular weight is 408 g/mol. The molecule has 3 rings (SSSR count). The smallest absolute Gasteiger partial charge is 0.239 e. The van der Waals surface area contributed by atoms with E-state index < -0.39 is 10.0 Å². The molecule has 0 aliphatic heterocycles. The molecule has 0 bridgehead atoms. The highest BCUT2D eigenvalue weighted by Crippen LogP contribution is 2.27. The van der Waals surface area contributed by atoms with Gasteiger partial charge in [-0.05, 0) is 36.8 Å². The van der Waals surface area contributed by atoms with Crippen LogP contribution in [-0.2, 0) is 20.5 Å². The van der Waals surface area contributed by atoms with Crippen LogP contribution in [-0.4, -0.2) is 42.5 Å². The van der Waals surface area contributed by atoms with Gasteiger partial charge >= 0.3 is 0 Å². The first-order chi connectivity index (χ1) is 12.8. The third kappa shape index (κ3) is 4.43. The second-order valence-corrected chi connectivity index (χ2v) is 8.89. The minimum Gasteiger partial charge on any atom is -0.375 e. The number of methoxy groups -OCH3 is 1. The van der Waals surface area contributed by atoms with Crippen molar-refractivity contribution in [2.45, 2.75) is 24.8 Å². The number of benzene rings is 1. The number of imidazole rings is 1. The number of rotatable bonds is 6. The van der Waals surface area contributed by atoms with Crippen molar-refractivity contribution in [1.82, 2.24) is 13.9 Å². The lowest BCUT2D eigenvalue weighted by Crippen LogP contribution is -2.32. The van der Waals surface area contributed by atoms with E-state index in [4.69, 9.17) is 16.3 Å². The molecule has 0 saturated carbocycles. The molecule has 1 aromatic carbocycles. The van der Waals surface area contributed by atoms with E-state index in [1.54, 1.807) is 50.8 Å². The molecule has 1 aliphatic carbocycles. The maximum atomic E-state index is 12.8. The lowest BCUT2D eigenvalue weighted by Gasteiger charge is -2.29. The Bertz CT molecular complexity index is 964. The molecule has 0 amide bonds. The van der Waals surface area contributed by atoms with Crippen LogP contribution < -0.4 is 0 Å².